The molecule has 0 radical (unpaired) electrons. The monoisotopic (exact) mass is 495 g/mol. The molecule has 0 spiro atoms. The predicted molar refractivity (Wildman–Crippen MR) is 127 cm³/mol. The van der Waals surface area contributed by atoms with Crippen molar-refractivity contribution in [3.8, 4) is 11.5 Å². The molecule has 0 unspecified atom stereocenters. The number of halogens is 1. The van der Waals surface area contributed by atoms with Gasteiger partial charge in [-0.2, -0.15) is 0 Å². The number of methoxy groups -OCH3 is 1. The van der Waals surface area contributed by atoms with Crippen LogP contribution in [0.25, 0.3) is 0 Å². The molecule has 0 aliphatic heterocycles. The molecule has 0 aliphatic rings. The van der Waals surface area contributed by atoms with Gasteiger partial charge in [0.15, 0.2) is 13.2 Å². The van der Waals surface area contributed by atoms with Gasteiger partial charge in [-0.3, -0.25) is 14.9 Å². The van der Waals surface area contributed by atoms with Crippen LogP contribution < -0.4 is 25.4 Å². The van der Waals surface area contributed by atoms with Crippen molar-refractivity contribution in [2.45, 2.75) is 0 Å². The van der Waals surface area contributed by atoms with Crippen molar-refractivity contribution in [1.29, 1.82) is 0 Å². The van der Waals surface area contributed by atoms with Crippen molar-refractivity contribution in [2.24, 2.45) is 0 Å². The Balaban J connectivity index is 1.40. The van der Waals surface area contributed by atoms with Gasteiger partial charge in [-0.1, -0.05) is 18.2 Å². The van der Waals surface area contributed by atoms with Crippen LogP contribution in [-0.2, 0) is 14.3 Å². The first-order valence-electron chi connectivity index (χ1n) is 10.5. The van der Waals surface area contributed by atoms with Gasteiger partial charge in [0.25, 0.3) is 11.8 Å². The highest BCUT2D eigenvalue weighted by Crippen LogP contribution is 2.17. The summed E-state index contributed by atoms with van der Waals surface area (Å²) in [6.07, 6.45) is 0. The number of urea groups is 1. The lowest BCUT2D eigenvalue weighted by molar-refractivity contribution is -0.123. The quantitative estimate of drug-likeness (QED) is 0.388. The summed E-state index contributed by atoms with van der Waals surface area (Å²) in [5.41, 5.74) is 0.557. The average Bonchev–Trinajstić information content (AvgIpc) is 2.87. The third-order valence-electron chi connectivity index (χ3n) is 4.52. The fourth-order valence-electron chi connectivity index (χ4n) is 2.83. The average molecular weight is 495 g/mol. The zero-order valence-electron chi connectivity index (χ0n) is 19.1. The minimum absolute atomic E-state index is 0.111. The number of benzene rings is 3. The van der Waals surface area contributed by atoms with Gasteiger partial charge in [0, 0.05) is 11.8 Å². The third-order valence-corrected chi connectivity index (χ3v) is 4.52. The second-order valence-corrected chi connectivity index (χ2v) is 7.15. The van der Waals surface area contributed by atoms with Crippen molar-refractivity contribution in [3.05, 3.63) is 84.2 Å². The molecule has 3 aromatic carbocycles. The number of ether oxygens (including phenoxy) is 3. The minimum Gasteiger partial charge on any atom is -0.497 e. The Morgan fingerprint density at radius 2 is 1.56 bits per heavy atom. The van der Waals surface area contributed by atoms with Crippen LogP contribution in [0.5, 0.6) is 11.5 Å². The van der Waals surface area contributed by atoms with Crippen LogP contribution in [0.4, 0.5) is 20.6 Å². The smallest absolute Gasteiger partial charge is 0.338 e. The zero-order chi connectivity index (χ0) is 25.9. The van der Waals surface area contributed by atoms with Crippen LogP contribution in [0.2, 0.25) is 0 Å². The molecule has 0 fully saturated rings. The van der Waals surface area contributed by atoms with Gasteiger partial charge in [-0.05, 0) is 48.5 Å². The molecule has 0 saturated carbocycles. The highest BCUT2D eigenvalue weighted by Gasteiger charge is 2.14. The number of imide groups is 1. The molecule has 186 valence electrons. The van der Waals surface area contributed by atoms with Crippen molar-refractivity contribution in [1.82, 2.24) is 5.32 Å². The van der Waals surface area contributed by atoms with Crippen LogP contribution >= 0.6 is 0 Å². The summed E-state index contributed by atoms with van der Waals surface area (Å²) in [5.74, 6) is -1.86. The second-order valence-electron chi connectivity index (χ2n) is 7.15. The lowest BCUT2D eigenvalue weighted by Crippen LogP contribution is -2.37. The SMILES string of the molecule is COc1cccc(NC(=O)COc2ccc(C(=O)OCC(=O)NC(=O)Nc3ccccc3F)cc2)c1. The van der Waals surface area contributed by atoms with Crippen molar-refractivity contribution in [2.75, 3.05) is 31.0 Å². The number of hydrogen-bond donors (Lipinski definition) is 3. The summed E-state index contributed by atoms with van der Waals surface area (Å²) in [5, 5.41) is 6.77. The standard InChI is InChI=1S/C25H22FN3O7/c1-34-19-6-4-5-17(13-19)27-22(30)14-35-18-11-9-16(10-12-18)24(32)36-15-23(31)29-25(33)28-21-8-3-2-7-20(21)26/h2-13H,14-15H2,1H3,(H,27,30)(H2,28,29,31,33). The molecule has 0 saturated heterocycles. The molecule has 3 rings (SSSR count). The van der Waals surface area contributed by atoms with Crippen LogP contribution in [-0.4, -0.2) is 44.1 Å². The summed E-state index contributed by atoms with van der Waals surface area (Å²) in [4.78, 5) is 47.8. The molecular weight excluding hydrogens is 473 g/mol. The first-order chi connectivity index (χ1) is 17.3. The van der Waals surface area contributed by atoms with E-state index in [9.17, 15) is 23.6 Å². The maximum Gasteiger partial charge on any atom is 0.338 e. The summed E-state index contributed by atoms with van der Waals surface area (Å²) < 4.78 is 28.9. The van der Waals surface area contributed by atoms with Gasteiger partial charge in [-0.25, -0.2) is 14.0 Å². The Bertz CT molecular complexity index is 1250. The van der Waals surface area contributed by atoms with Crippen LogP contribution in [0, 0.1) is 5.82 Å². The van der Waals surface area contributed by atoms with Crippen molar-refractivity contribution >= 4 is 35.2 Å². The number of carbonyl (C=O) groups is 4. The third kappa shape index (κ3) is 7.83. The number of para-hydroxylation sites is 1. The molecule has 0 aromatic heterocycles. The summed E-state index contributed by atoms with van der Waals surface area (Å²) >= 11 is 0. The molecule has 3 aromatic rings. The Hall–Kier alpha value is -4.93. The van der Waals surface area contributed by atoms with Gasteiger partial charge in [0.05, 0.1) is 18.4 Å². The molecule has 11 heteroatoms. The number of esters is 1. The van der Waals surface area contributed by atoms with Gasteiger partial charge in [0.1, 0.15) is 17.3 Å². The Morgan fingerprint density at radius 3 is 2.28 bits per heavy atom. The normalized spacial score (nSPS) is 10.1. The number of anilines is 2. The van der Waals surface area contributed by atoms with E-state index in [2.05, 4.69) is 10.6 Å². The molecule has 0 atom stereocenters. The van der Waals surface area contributed by atoms with E-state index in [-0.39, 0.29) is 17.9 Å². The number of hydrogen-bond acceptors (Lipinski definition) is 7. The molecular formula is C25H22FN3O7. The second kappa shape index (κ2) is 12.5. The minimum atomic E-state index is -0.974. The maximum atomic E-state index is 13.5. The highest BCUT2D eigenvalue weighted by atomic mass is 19.1. The molecule has 3 N–H and O–H groups in total. The number of nitrogens with one attached hydrogen (secondary N) is 3. The first kappa shape index (κ1) is 25.7. The molecule has 10 nitrogen and oxygen atoms in total. The van der Waals surface area contributed by atoms with E-state index >= 15 is 0 Å². The topological polar surface area (TPSA) is 132 Å². The van der Waals surface area contributed by atoms with E-state index in [4.69, 9.17) is 14.2 Å². The molecule has 36 heavy (non-hydrogen) atoms. The molecule has 4 amide bonds. The van der Waals surface area contributed by atoms with E-state index in [0.717, 1.165) is 6.07 Å². The van der Waals surface area contributed by atoms with E-state index in [1.165, 1.54) is 49.6 Å². The van der Waals surface area contributed by atoms with E-state index in [1.54, 1.807) is 24.3 Å². The first-order valence-corrected chi connectivity index (χ1v) is 10.5. The summed E-state index contributed by atoms with van der Waals surface area (Å²) in [6.45, 7) is -0.998. The van der Waals surface area contributed by atoms with Crippen molar-refractivity contribution in [3.63, 3.8) is 0 Å². The lowest BCUT2D eigenvalue weighted by atomic mass is 10.2. The Kier molecular flexibility index (Phi) is 8.93. The fraction of sp³-hybridized carbons (Fsp3) is 0.120. The number of carbonyl (C=O) groups excluding carboxylic acids is 4. The largest absolute Gasteiger partial charge is 0.497 e. The fourth-order valence-corrected chi connectivity index (χ4v) is 2.83. The summed E-state index contributed by atoms with van der Waals surface area (Å²) in [6, 6.07) is 17.0. The predicted octanol–water partition coefficient (Wildman–Crippen LogP) is 3.36. The maximum absolute atomic E-state index is 13.5. The van der Waals surface area contributed by atoms with Gasteiger partial charge >= 0.3 is 12.0 Å². The van der Waals surface area contributed by atoms with E-state index in [0.29, 0.717) is 17.2 Å². The van der Waals surface area contributed by atoms with Gasteiger partial charge in [0.2, 0.25) is 0 Å². The van der Waals surface area contributed by atoms with Crippen molar-refractivity contribution < 1.29 is 37.8 Å². The van der Waals surface area contributed by atoms with Gasteiger partial charge < -0.3 is 24.8 Å². The number of rotatable bonds is 9. The highest BCUT2D eigenvalue weighted by molar-refractivity contribution is 6.02. The van der Waals surface area contributed by atoms with Crippen LogP contribution in [0.15, 0.2) is 72.8 Å². The van der Waals surface area contributed by atoms with E-state index < -0.39 is 36.2 Å². The lowest BCUT2D eigenvalue weighted by Gasteiger charge is -2.09. The molecule has 0 bridgehead atoms. The van der Waals surface area contributed by atoms with Crippen LogP contribution in [0.1, 0.15) is 10.4 Å². The Morgan fingerprint density at radius 1 is 0.806 bits per heavy atom. The zero-order valence-corrected chi connectivity index (χ0v) is 19.1. The van der Waals surface area contributed by atoms with E-state index in [1.807, 2.05) is 5.32 Å². The molecule has 0 aliphatic carbocycles. The molecule has 0 heterocycles. The Labute approximate surface area is 205 Å². The summed E-state index contributed by atoms with van der Waals surface area (Å²) in [7, 11) is 1.52. The van der Waals surface area contributed by atoms with Crippen LogP contribution in [0.3, 0.4) is 0 Å². The number of amides is 4. The van der Waals surface area contributed by atoms with Gasteiger partial charge in [-0.15, -0.1) is 0 Å².